The van der Waals surface area contributed by atoms with E-state index < -0.39 is 0 Å². The highest BCUT2D eigenvalue weighted by molar-refractivity contribution is 5.37. The van der Waals surface area contributed by atoms with Gasteiger partial charge in [0.2, 0.25) is 0 Å². The lowest BCUT2D eigenvalue weighted by molar-refractivity contribution is 0.255. The van der Waals surface area contributed by atoms with Gasteiger partial charge in [-0.15, -0.1) is 0 Å². The van der Waals surface area contributed by atoms with Crippen molar-refractivity contribution in [3.63, 3.8) is 0 Å². The molecule has 0 saturated heterocycles. The van der Waals surface area contributed by atoms with E-state index in [0.29, 0.717) is 5.41 Å². The molecular weight excluding hydrogens is 180 g/mol. The monoisotopic (exact) mass is 200 g/mol. The number of benzene rings is 1. The number of hydrogen-bond acceptors (Lipinski definition) is 0. The molecule has 2 aliphatic rings. The van der Waals surface area contributed by atoms with Gasteiger partial charge in [0, 0.05) is 0 Å². The van der Waals surface area contributed by atoms with Crippen molar-refractivity contribution in [3.05, 3.63) is 35.4 Å². The van der Waals surface area contributed by atoms with Crippen LogP contribution in [-0.2, 0) is 11.8 Å². The highest BCUT2D eigenvalue weighted by Gasteiger charge is 2.36. The van der Waals surface area contributed by atoms with Crippen LogP contribution in [0.4, 0.5) is 0 Å². The Morgan fingerprint density at radius 1 is 0.800 bits per heavy atom. The number of fused-ring (bicyclic) bond motifs is 2. The Morgan fingerprint density at radius 3 is 2.40 bits per heavy atom. The molecule has 3 rings (SSSR count). The summed E-state index contributed by atoms with van der Waals surface area (Å²) in [5.74, 6) is 0. The first-order valence-electron chi connectivity index (χ1n) is 6.49. The van der Waals surface area contributed by atoms with Crippen molar-refractivity contribution in [1.82, 2.24) is 0 Å². The molecular formula is C15H20. The number of rotatable bonds is 0. The van der Waals surface area contributed by atoms with Gasteiger partial charge >= 0.3 is 0 Å². The molecule has 1 aromatic carbocycles. The summed E-state index contributed by atoms with van der Waals surface area (Å²) in [5.41, 5.74) is 3.94. The van der Waals surface area contributed by atoms with Crippen molar-refractivity contribution >= 4 is 0 Å². The van der Waals surface area contributed by atoms with Crippen molar-refractivity contribution in [1.29, 1.82) is 0 Å². The van der Waals surface area contributed by atoms with E-state index in [0.717, 1.165) is 0 Å². The molecule has 15 heavy (non-hydrogen) atoms. The molecule has 0 atom stereocenters. The summed E-state index contributed by atoms with van der Waals surface area (Å²) in [6, 6.07) is 9.20. The minimum Gasteiger partial charge on any atom is -0.0620 e. The van der Waals surface area contributed by atoms with Crippen LogP contribution in [-0.4, -0.2) is 0 Å². The van der Waals surface area contributed by atoms with E-state index in [1.54, 1.807) is 11.1 Å². The minimum absolute atomic E-state index is 0.590. The standard InChI is InChI=1S/C15H20/c1-4-10-15(11-5-1)12-6-8-13-7-2-3-9-14(13)15/h2-3,7,9H,1,4-6,8,10-12H2. The molecule has 0 radical (unpaired) electrons. The summed E-state index contributed by atoms with van der Waals surface area (Å²) < 4.78 is 0. The molecule has 0 aromatic heterocycles. The molecule has 0 bridgehead atoms. The summed E-state index contributed by atoms with van der Waals surface area (Å²) in [6.07, 6.45) is 11.4. The van der Waals surface area contributed by atoms with Gasteiger partial charge in [-0.25, -0.2) is 0 Å². The molecule has 0 heterocycles. The Morgan fingerprint density at radius 2 is 1.53 bits per heavy atom. The van der Waals surface area contributed by atoms with E-state index in [1.807, 2.05) is 0 Å². The molecule has 0 heteroatoms. The summed E-state index contributed by atoms with van der Waals surface area (Å²) in [7, 11) is 0. The maximum atomic E-state index is 2.40. The Kier molecular flexibility index (Phi) is 2.31. The van der Waals surface area contributed by atoms with Crippen molar-refractivity contribution < 1.29 is 0 Å². The highest BCUT2D eigenvalue weighted by atomic mass is 14.4. The third kappa shape index (κ3) is 1.51. The number of aryl methyl sites for hydroxylation is 1. The maximum absolute atomic E-state index is 2.40. The molecule has 80 valence electrons. The number of hydrogen-bond donors (Lipinski definition) is 0. The summed E-state index contributed by atoms with van der Waals surface area (Å²) in [6.45, 7) is 0. The maximum Gasteiger partial charge on any atom is -0.00441 e. The lowest BCUT2D eigenvalue weighted by Crippen LogP contribution is -2.33. The molecule has 1 fully saturated rings. The quantitative estimate of drug-likeness (QED) is 0.588. The van der Waals surface area contributed by atoms with Crippen LogP contribution < -0.4 is 0 Å². The van der Waals surface area contributed by atoms with Gasteiger partial charge in [-0.1, -0.05) is 43.5 Å². The van der Waals surface area contributed by atoms with E-state index in [2.05, 4.69) is 24.3 Å². The Balaban J connectivity index is 2.04. The predicted octanol–water partition coefficient (Wildman–Crippen LogP) is 4.22. The fourth-order valence-corrected chi connectivity index (χ4v) is 3.76. The zero-order valence-electron chi connectivity index (χ0n) is 9.47. The third-order valence-corrected chi connectivity index (χ3v) is 4.50. The molecule has 0 unspecified atom stereocenters. The van der Waals surface area contributed by atoms with E-state index in [4.69, 9.17) is 0 Å². The van der Waals surface area contributed by atoms with Crippen LogP contribution in [0.2, 0.25) is 0 Å². The zero-order valence-corrected chi connectivity index (χ0v) is 9.47. The van der Waals surface area contributed by atoms with Crippen LogP contribution >= 0.6 is 0 Å². The van der Waals surface area contributed by atoms with Gasteiger partial charge in [0.25, 0.3) is 0 Å². The highest BCUT2D eigenvalue weighted by Crippen LogP contribution is 2.47. The molecule has 1 aromatic rings. The SMILES string of the molecule is c1ccc2c(c1)CCCC21CCCCC1. The Labute approximate surface area is 92.7 Å². The average molecular weight is 200 g/mol. The van der Waals surface area contributed by atoms with Crippen molar-refractivity contribution in [2.45, 2.75) is 56.8 Å². The molecule has 1 spiro atoms. The Bertz CT molecular complexity index is 345. The third-order valence-electron chi connectivity index (χ3n) is 4.50. The normalized spacial score (nSPS) is 23.7. The zero-order chi connectivity index (χ0) is 10.1. The first-order valence-corrected chi connectivity index (χ1v) is 6.49. The van der Waals surface area contributed by atoms with Crippen molar-refractivity contribution in [2.24, 2.45) is 0 Å². The predicted molar refractivity (Wildman–Crippen MR) is 64.1 cm³/mol. The second-order valence-corrected chi connectivity index (χ2v) is 5.35. The van der Waals surface area contributed by atoms with Crippen molar-refractivity contribution in [2.75, 3.05) is 0 Å². The summed E-state index contributed by atoms with van der Waals surface area (Å²) >= 11 is 0. The average Bonchev–Trinajstić information content (AvgIpc) is 2.31. The van der Waals surface area contributed by atoms with Crippen LogP contribution in [0.25, 0.3) is 0 Å². The molecule has 0 amide bonds. The van der Waals surface area contributed by atoms with Gasteiger partial charge in [0.15, 0.2) is 0 Å². The lowest BCUT2D eigenvalue weighted by Gasteiger charge is -2.42. The van der Waals surface area contributed by atoms with Gasteiger partial charge < -0.3 is 0 Å². The van der Waals surface area contributed by atoms with Crippen LogP contribution in [0.1, 0.15) is 56.1 Å². The lowest BCUT2D eigenvalue weighted by atomic mass is 9.62. The fourth-order valence-electron chi connectivity index (χ4n) is 3.76. The molecule has 0 N–H and O–H groups in total. The second kappa shape index (κ2) is 3.66. The van der Waals surface area contributed by atoms with E-state index in [1.165, 1.54) is 51.4 Å². The summed E-state index contributed by atoms with van der Waals surface area (Å²) in [4.78, 5) is 0. The van der Waals surface area contributed by atoms with Crippen LogP contribution in [0.3, 0.4) is 0 Å². The molecule has 0 nitrogen and oxygen atoms in total. The fraction of sp³-hybridized carbons (Fsp3) is 0.600. The first-order chi connectivity index (χ1) is 7.41. The van der Waals surface area contributed by atoms with Gasteiger partial charge in [-0.05, 0) is 48.6 Å². The van der Waals surface area contributed by atoms with Gasteiger partial charge in [-0.2, -0.15) is 0 Å². The molecule has 0 aliphatic heterocycles. The second-order valence-electron chi connectivity index (χ2n) is 5.35. The van der Waals surface area contributed by atoms with Gasteiger partial charge in [0.05, 0.1) is 0 Å². The largest absolute Gasteiger partial charge is 0.0620 e. The van der Waals surface area contributed by atoms with Crippen LogP contribution in [0.15, 0.2) is 24.3 Å². The van der Waals surface area contributed by atoms with Crippen molar-refractivity contribution in [3.8, 4) is 0 Å². The van der Waals surface area contributed by atoms with E-state index in [9.17, 15) is 0 Å². The Hall–Kier alpha value is -0.780. The molecule has 2 aliphatic carbocycles. The van der Waals surface area contributed by atoms with Gasteiger partial charge in [0.1, 0.15) is 0 Å². The summed E-state index contributed by atoms with van der Waals surface area (Å²) in [5, 5.41) is 0. The van der Waals surface area contributed by atoms with E-state index >= 15 is 0 Å². The van der Waals surface area contributed by atoms with E-state index in [-0.39, 0.29) is 0 Å². The van der Waals surface area contributed by atoms with Crippen LogP contribution in [0, 0.1) is 0 Å². The van der Waals surface area contributed by atoms with Gasteiger partial charge in [-0.3, -0.25) is 0 Å². The van der Waals surface area contributed by atoms with Crippen LogP contribution in [0.5, 0.6) is 0 Å². The minimum atomic E-state index is 0.590. The topological polar surface area (TPSA) is 0 Å². The molecule has 1 saturated carbocycles. The smallest absolute Gasteiger partial charge is 0.00441 e. The first kappa shape index (κ1) is 9.45.